The molecule has 1 aromatic carbocycles. The number of nitrogens with zero attached hydrogens (tertiary/aromatic N) is 3. The van der Waals surface area contributed by atoms with Crippen molar-refractivity contribution in [3.8, 4) is 0 Å². The van der Waals surface area contributed by atoms with E-state index >= 15 is 0 Å². The number of amides is 2. The van der Waals surface area contributed by atoms with Crippen LogP contribution in [0.2, 0.25) is 0 Å². The van der Waals surface area contributed by atoms with E-state index < -0.39 is 6.10 Å². The Morgan fingerprint density at radius 1 is 1.07 bits per heavy atom. The highest BCUT2D eigenvalue weighted by Gasteiger charge is 2.33. The van der Waals surface area contributed by atoms with Gasteiger partial charge in [0.2, 0.25) is 5.91 Å². The molecule has 2 aromatic rings. The van der Waals surface area contributed by atoms with Gasteiger partial charge in [0.05, 0.1) is 11.6 Å². The molecule has 8 heteroatoms. The van der Waals surface area contributed by atoms with E-state index in [9.17, 15) is 19.1 Å². The minimum absolute atomic E-state index is 0.0259. The second kappa shape index (κ2) is 8.12. The Balaban J connectivity index is 1.43. The topological polar surface area (TPSA) is 79.9 Å². The standard InChI is InChI=1S/C21H27FN4O3/c1-14(27)24-9-11-25(12-10-24)18-5-7-26(8-6-19(18)28)21(29)17-13-15-3-2-4-16(22)20(15)23-17/h2-4,13,18-19,23,28H,5-12H2,1H3/t18-,19-/m0/s1. The number of piperazine rings is 1. The first-order valence-corrected chi connectivity index (χ1v) is 10.2. The van der Waals surface area contributed by atoms with Crippen LogP contribution in [0.15, 0.2) is 24.3 Å². The first-order chi connectivity index (χ1) is 13.9. The Morgan fingerprint density at radius 3 is 2.48 bits per heavy atom. The van der Waals surface area contributed by atoms with Crippen LogP contribution in [0.5, 0.6) is 0 Å². The van der Waals surface area contributed by atoms with E-state index in [0.29, 0.717) is 55.6 Å². The lowest BCUT2D eigenvalue weighted by atomic mass is 10.0. The normalized spacial score (nSPS) is 24.0. The highest BCUT2D eigenvalue weighted by molar-refractivity contribution is 5.98. The Morgan fingerprint density at radius 2 is 1.79 bits per heavy atom. The zero-order chi connectivity index (χ0) is 20.5. The van der Waals surface area contributed by atoms with Crippen molar-refractivity contribution in [3.05, 3.63) is 35.8 Å². The lowest BCUT2D eigenvalue weighted by Crippen LogP contribution is -2.54. The summed E-state index contributed by atoms with van der Waals surface area (Å²) in [5.41, 5.74) is 0.708. The molecule has 2 aliphatic rings. The maximum atomic E-state index is 13.9. The third kappa shape index (κ3) is 4.00. The Labute approximate surface area is 169 Å². The van der Waals surface area contributed by atoms with Crippen molar-refractivity contribution in [2.45, 2.75) is 31.9 Å². The number of halogens is 1. The van der Waals surface area contributed by atoms with Crippen LogP contribution < -0.4 is 0 Å². The van der Waals surface area contributed by atoms with Gasteiger partial charge in [-0.2, -0.15) is 0 Å². The summed E-state index contributed by atoms with van der Waals surface area (Å²) in [5.74, 6) is -0.468. The number of rotatable bonds is 2. The van der Waals surface area contributed by atoms with Crippen LogP contribution in [-0.4, -0.2) is 88.0 Å². The summed E-state index contributed by atoms with van der Waals surface area (Å²) in [7, 11) is 0. The number of aromatic amines is 1. The number of nitrogens with one attached hydrogen (secondary N) is 1. The van der Waals surface area contributed by atoms with Crippen molar-refractivity contribution < 1.29 is 19.1 Å². The predicted octanol–water partition coefficient (Wildman–Crippen LogP) is 1.44. The van der Waals surface area contributed by atoms with Crippen LogP contribution in [0.1, 0.15) is 30.3 Å². The van der Waals surface area contributed by atoms with Crippen LogP contribution >= 0.6 is 0 Å². The van der Waals surface area contributed by atoms with Gasteiger partial charge in [-0.25, -0.2) is 4.39 Å². The molecule has 2 fully saturated rings. The largest absolute Gasteiger partial charge is 0.391 e. The van der Waals surface area contributed by atoms with Crippen molar-refractivity contribution in [1.29, 1.82) is 0 Å². The molecule has 0 radical (unpaired) electrons. The molecule has 3 heterocycles. The SMILES string of the molecule is CC(=O)N1CCN([C@H]2CCN(C(=O)c3cc4cccc(F)c4[nH]3)CC[C@@H]2O)CC1. The van der Waals surface area contributed by atoms with Crippen LogP contribution in [0.25, 0.3) is 10.9 Å². The van der Waals surface area contributed by atoms with Gasteiger partial charge in [0, 0.05) is 57.6 Å². The predicted molar refractivity (Wildman–Crippen MR) is 107 cm³/mol. The quantitative estimate of drug-likeness (QED) is 0.797. The van der Waals surface area contributed by atoms with Gasteiger partial charge in [-0.15, -0.1) is 0 Å². The summed E-state index contributed by atoms with van der Waals surface area (Å²) in [6, 6.07) is 6.42. The molecule has 7 nitrogen and oxygen atoms in total. The van der Waals surface area contributed by atoms with Gasteiger partial charge in [-0.05, 0) is 25.0 Å². The Kier molecular flexibility index (Phi) is 5.56. The fourth-order valence-corrected chi connectivity index (χ4v) is 4.48. The molecule has 156 valence electrons. The molecular weight excluding hydrogens is 375 g/mol. The monoisotopic (exact) mass is 402 g/mol. The van der Waals surface area contributed by atoms with Gasteiger partial charge in [0.15, 0.2) is 0 Å². The third-order valence-corrected chi connectivity index (χ3v) is 6.19. The second-order valence-corrected chi connectivity index (χ2v) is 7.93. The number of aliphatic hydroxyl groups excluding tert-OH is 1. The average molecular weight is 402 g/mol. The number of fused-ring (bicyclic) bond motifs is 1. The molecule has 0 saturated carbocycles. The van der Waals surface area contributed by atoms with Crippen molar-refractivity contribution in [1.82, 2.24) is 19.7 Å². The highest BCUT2D eigenvalue weighted by Crippen LogP contribution is 2.23. The zero-order valence-corrected chi connectivity index (χ0v) is 16.6. The first-order valence-electron chi connectivity index (χ1n) is 10.2. The third-order valence-electron chi connectivity index (χ3n) is 6.19. The highest BCUT2D eigenvalue weighted by atomic mass is 19.1. The molecular formula is C21H27FN4O3. The van der Waals surface area contributed by atoms with Crippen molar-refractivity contribution >= 4 is 22.7 Å². The summed E-state index contributed by atoms with van der Waals surface area (Å²) in [6.45, 7) is 5.37. The number of benzene rings is 1. The Hall–Kier alpha value is -2.45. The molecule has 2 amide bonds. The number of likely N-dealkylation sites (tertiary alicyclic amines) is 1. The van der Waals surface area contributed by atoms with E-state index in [1.54, 1.807) is 30.0 Å². The van der Waals surface area contributed by atoms with Crippen molar-refractivity contribution in [3.63, 3.8) is 0 Å². The molecule has 1 aromatic heterocycles. The lowest BCUT2D eigenvalue weighted by molar-refractivity contribution is -0.131. The number of aromatic nitrogens is 1. The van der Waals surface area contributed by atoms with Gasteiger partial charge >= 0.3 is 0 Å². The average Bonchev–Trinajstić information content (AvgIpc) is 3.06. The van der Waals surface area contributed by atoms with E-state index in [0.717, 1.165) is 13.1 Å². The molecule has 2 aliphatic heterocycles. The van der Waals surface area contributed by atoms with E-state index in [1.807, 2.05) is 4.90 Å². The number of carbonyl (C=O) groups excluding carboxylic acids is 2. The van der Waals surface area contributed by atoms with Crippen molar-refractivity contribution in [2.24, 2.45) is 0 Å². The second-order valence-electron chi connectivity index (χ2n) is 7.93. The molecule has 0 unspecified atom stereocenters. The van der Waals surface area contributed by atoms with Crippen molar-refractivity contribution in [2.75, 3.05) is 39.3 Å². The number of aliphatic hydroxyl groups is 1. The Bertz CT molecular complexity index is 906. The van der Waals surface area contributed by atoms with Gasteiger partial charge in [-0.3, -0.25) is 14.5 Å². The molecule has 4 rings (SSSR count). The maximum Gasteiger partial charge on any atom is 0.270 e. The first kappa shape index (κ1) is 19.8. The van der Waals surface area contributed by atoms with E-state index in [2.05, 4.69) is 9.88 Å². The van der Waals surface area contributed by atoms with Crippen LogP contribution in [0.3, 0.4) is 0 Å². The zero-order valence-electron chi connectivity index (χ0n) is 16.6. The minimum atomic E-state index is -0.517. The van der Waals surface area contributed by atoms with Gasteiger partial charge in [-0.1, -0.05) is 12.1 Å². The van der Waals surface area contributed by atoms with E-state index in [4.69, 9.17) is 0 Å². The number of para-hydroxylation sites is 1. The number of hydrogen-bond acceptors (Lipinski definition) is 4. The smallest absolute Gasteiger partial charge is 0.270 e. The maximum absolute atomic E-state index is 13.9. The minimum Gasteiger partial charge on any atom is -0.391 e. The van der Waals surface area contributed by atoms with Gasteiger partial charge in [0.25, 0.3) is 5.91 Å². The van der Waals surface area contributed by atoms with Gasteiger partial charge < -0.3 is 19.9 Å². The summed E-state index contributed by atoms with van der Waals surface area (Å²) >= 11 is 0. The van der Waals surface area contributed by atoms with E-state index in [1.165, 1.54) is 6.07 Å². The lowest BCUT2D eigenvalue weighted by Gasteiger charge is -2.40. The molecule has 0 aliphatic carbocycles. The van der Waals surface area contributed by atoms with Crippen LogP contribution in [0.4, 0.5) is 4.39 Å². The molecule has 29 heavy (non-hydrogen) atoms. The number of carbonyl (C=O) groups is 2. The summed E-state index contributed by atoms with van der Waals surface area (Å²) < 4.78 is 13.9. The molecule has 0 spiro atoms. The number of hydrogen-bond donors (Lipinski definition) is 2. The van der Waals surface area contributed by atoms with Crippen LogP contribution in [0, 0.1) is 5.82 Å². The van der Waals surface area contributed by atoms with Crippen LogP contribution in [-0.2, 0) is 4.79 Å². The molecule has 0 bridgehead atoms. The van der Waals surface area contributed by atoms with Gasteiger partial charge in [0.1, 0.15) is 11.5 Å². The fraction of sp³-hybridized carbons (Fsp3) is 0.524. The summed E-state index contributed by atoms with van der Waals surface area (Å²) in [5, 5.41) is 11.4. The molecule has 2 atom stereocenters. The summed E-state index contributed by atoms with van der Waals surface area (Å²) in [6.07, 6.45) is 0.649. The summed E-state index contributed by atoms with van der Waals surface area (Å²) in [4.78, 5) is 33.2. The molecule has 2 N–H and O–H groups in total. The van der Waals surface area contributed by atoms with E-state index in [-0.39, 0.29) is 23.7 Å². The molecule has 2 saturated heterocycles. The fourth-order valence-electron chi connectivity index (χ4n) is 4.48. The number of H-pyrrole nitrogens is 1.